The maximum atomic E-state index is 13.8. The number of fused-ring (bicyclic) bond motifs is 1. The fourth-order valence-electron chi connectivity index (χ4n) is 5.08. The molecule has 1 saturated heterocycles. The molecule has 7 heteroatoms. The summed E-state index contributed by atoms with van der Waals surface area (Å²) in [5.74, 6) is 0.317. The van der Waals surface area contributed by atoms with Crippen LogP contribution in [0.1, 0.15) is 67.7 Å². The average molecular weight is 494 g/mol. The number of aromatic nitrogens is 2. The fourth-order valence-corrected chi connectivity index (χ4v) is 5.08. The molecule has 1 amide bonds. The number of rotatable bonds is 12. The van der Waals surface area contributed by atoms with Gasteiger partial charge in [0.25, 0.3) is 5.91 Å². The van der Waals surface area contributed by atoms with Crippen LogP contribution in [-0.4, -0.2) is 58.0 Å². The molecule has 0 aliphatic carbocycles. The van der Waals surface area contributed by atoms with Crippen molar-refractivity contribution in [1.29, 1.82) is 0 Å². The predicted octanol–water partition coefficient (Wildman–Crippen LogP) is 5.21. The summed E-state index contributed by atoms with van der Waals surface area (Å²) in [6.07, 6.45) is 5.81. The van der Waals surface area contributed by atoms with E-state index in [1.165, 1.54) is 50.0 Å². The highest BCUT2D eigenvalue weighted by molar-refractivity contribution is 5.94. The normalized spacial score (nSPS) is 14.4. The second-order valence-corrected chi connectivity index (χ2v) is 9.82. The minimum atomic E-state index is -0.396. The molecule has 1 fully saturated rings. The Hall–Kier alpha value is -2.77. The molecule has 4 rings (SSSR count). The van der Waals surface area contributed by atoms with Gasteiger partial charge in [0, 0.05) is 38.3 Å². The van der Waals surface area contributed by atoms with Gasteiger partial charge in [-0.25, -0.2) is 9.37 Å². The molecule has 0 atom stereocenters. The monoisotopic (exact) mass is 493 g/mol. The number of piperidine rings is 1. The van der Waals surface area contributed by atoms with Crippen LogP contribution in [0.25, 0.3) is 11.0 Å². The summed E-state index contributed by atoms with van der Waals surface area (Å²) >= 11 is 0. The van der Waals surface area contributed by atoms with Gasteiger partial charge >= 0.3 is 0 Å². The molecule has 0 spiro atoms. The molecule has 1 N–H and O–H groups in total. The topological polar surface area (TPSA) is 53.4 Å². The Morgan fingerprint density at radius 3 is 2.64 bits per heavy atom. The number of imidazole rings is 1. The van der Waals surface area contributed by atoms with Gasteiger partial charge in [0.05, 0.1) is 17.6 Å². The molecule has 0 saturated carbocycles. The molecule has 1 aliphatic rings. The third-order valence-corrected chi connectivity index (χ3v) is 6.91. The van der Waals surface area contributed by atoms with Crippen LogP contribution in [0.4, 0.5) is 4.39 Å². The van der Waals surface area contributed by atoms with Crippen molar-refractivity contribution < 1.29 is 9.18 Å². The first-order valence-electron chi connectivity index (χ1n) is 13.5. The first kappa shape index (κ1) is 26.3. The molecular weight excluding hydrogens is 453 g/mol. The minimum absolute atomic E-state index is 0.162. The van der Waals surface area contributed by atoms with E-state index in [1.54, 1.807) is 17.0 Å². The van der Waals surface area contributed by atoms with E-state index in [-0.39, 0.29) is 5.91 Å². The van der Waals surface area contributed by atoms with Crippen LogP contribution in [0.15, 0.2) is 42.5 Å². The smallest absolute Gasteiger partial charge is 0.254 e. The van der Waals surface area contributed by atoms with Crippen LogP contribution >= 0.6 is 0 Å². The Bertz CT molecular complexity index is 1140. The van der Waals surface area contributed by atoms with Gasteiger partial charge in [0.15, 0.2) is 0 Å². The number of likely N-dealkylation sites (tertiary alicyclic amines) is 1. The summed E-state index contributed by atoms with van der Waals surface area (Å²) in [7, 11) is 0. The molecule has 0 radical (unpaired) electrons. The third-order valence-electron chi connectivity index (χ3n) is 6.91. The second kappa shape index (κ2) is 13.0. The van der Waals surface area contributed by atoms with Crippen molar-refractivity contribution in [2.24, 2.45) is 0 Å². The number of halogens is 1. The SMILES string of the molecule is CCCN(Cc1nc2cc(CNCCN3CCCCC3)ccc2n1CCC)C(=O)c1cccc(F)c1. The zero-order valence-electron chi connectivity index (χ0n) is 21.8. The Morgan fingerprint density at radius 2 is 1.89 bits per heavy atom. The first-order valence-corrected chi connectivity index (χ1v) is 13.5. The maximum Gasteiger partial charge on any atom is 0.254 e. The highest BCUT2D eigenvalue weighted by Gasteiger charge is 2.20. The Balaban J connectivity index is 1.47. The number of carbonyl (C=O) groups is 1. The van der Waals surface area contributed by atoms with E-state index in [4.69, 9.17) is 4.98 Å². The van der Waals surface area contributed by atoms with Crippen molar-refractivity contribution in [2.45, 2.75) is 65.6 Å². The summed E-state index contributed by atoms with van der Waals surface area (Å²) < 4.78 is 16.0. The number of nitrogens with one attached hydrogen (secondary N) is 1. The highest BCUT2D eigenvalue weighted by atomic mass is 19.1. The largest absolute Gasteiger partial charge is 0.331 e. The van der Waals surface area contributed by atoms with E-state index in [1.807, 2.05) is 6.92 Å². The molecule has 0 bridgehead atoms. The van der Waals surface area contributed by atoms with Gasteiger partial charge < -0.3 is 19.7 Å². The van der Waals surface area contributed by atoms with Gasteiger partial charge in [0.2, 0.25) is 0 Å². The predicted molar refractivity (Wildman–Crippen MR) is 143 cm³/mol. The van der Waals surface area contributed by atoms with Gasteiger partial charge in [-0.05, 0) is 74.7 Å². The number of amides is 1. The fraction of sp³-hybridized carbons (Fsp3) is 0.517. The average Bonchev–Trinajstić information content (AvgIpc) is 3.23. The summed E-state index contributed by atoms with van der Waals surface area (Å²) in [4.78, 5) is 22.5. The van der Waals surface area contributed by atoms with Gasteiger partial charge in [-0.15, -0.1) is 0 Å². The molecule has 1 aliphatic heterocycles. The van der Waals surface area contributed by atoms with Crippen molar-refractivity contribution >= 4 is 16.9 Å². The molecule has 1 aromatic heterocycles. The number of aryl methyl sites for hydroxylation is 1. The van der Waals surface area contributed by atoms with E-state index in [9.17, 15) is 9.18 Å². The second-order valence-electron chi connectivity index (χ2n) is 9.82. The van der Waals surface area contributed by atoms with Crippen molar-refractivity contribution in [1.82, 2.24) is 24.7 Å². The minimum Gasteiger partial charge on any atom is -0.331 e. The lowest BCUT2D eigenvalue weighted by Gasteiger charge is -2.26. The number of carbonyl (C=O) groups excluding carboxylic acids is 1. The van der Waals surface area contributed by atoms with E-state index < -0.39 is 5.82 Å². The van der Waals surface area contributed by atoms with E-state index in [2.05, 4.69) is 39.9 Å². The molecule has 0 unspecified atom stereocenters. The number of benzene rings is 2. The summed E-state index contributed by atoms with van der Waals surface area (Å²) in [6, 6.07) is 12.4. The summed E-state index contributed by atoms with van der Waals surface area (Å²) in [5.41, 5.74) is 3.65. The van der Waals surface area contributed by atoms with Crippen LogP contribution in [0.5, 0.6) is 0 Å². The van der Waals surface area contributed by atoms with E-state index >= 15 is 0 Å². The molecule has 194 valence electrons. The molecule has 2 aromatic carbocycles. The zero-order chi connectivity index (χ0) is 25.3. The maximum absolute atomic E-state index is 13.8. The van der Waals surface area contributed by atoms with Crippen LogP contribution < -0.4 is 5.32 Å². The third kappa shape index (κ3) is 6.71. The van der Waals surface area contributed by atoms with Crippen molar-refractivity contribution in [3.8, 4) is 0 Å². The summed E-state index contributed by atoms with van der Waals surface area (Å²) in [5, 5.41) is 3.59. The van der Waals surface area contributed by atoms with Crippen molar-refractivity contribution in [3.05, 3.63) is 65.2 Å². The van der Waals surface area contributed by atoms with Crippen LogP contribution in [0.2, 0.25) is 0 Å². The van der Waals surface area contributed by atoms with Gasteiger partial charge in [-0.1, -0.05) is 32.4 Å². The van der Waals surface area contributed by atoms with Crippen LogP contribution in [-0.2, 0) is 19.6 Å². The number of hydrogen-bond acceptors (Lipinski definition) is 4. The molecule has 36 heavy (non-hydrogen) atoms. The van der Waals surface area contributed by atoms with Crippen molar-refractivity contribution in [3.63, 3.8) is 0 Å². The standard InChI is InChI=1S/C29H40FN5O/c1-3-14-34(29(36)24-9-8-10-25(30)20-24)22-28-32-26-19-23(11-12-27(26)35(28)15-4-2)21-31-13-18-33-16-6-5-7-17-33/h8-12,19-20,31H,3-7,13-18,21-22H2,1-2H3. The van der Waals surface area contributed by atoms with Crippen LogP contribution in [0, 0.1) is 5.82 Å². The Labute approximate surface area is 214 Å². The van der Waals surface area contributed by atoms with Crippen LogP contribution in [0.3, 0.4) is 0 Å². The molecular formula is C29H40FN5O. The lowest BCUT2D eigenvalue weighted by Crippen LogP contribution is -2.35. The lowest BCUT2D eigenvalue weighted by molar-refractivity contribution is 0.0736. The van der Waals surface area contributed by atoms with Gasteiger partial charge in [0.1, 0.15) is 11.6 Å². The van der Waals surface area contributed by atoms with Crippen molar-refractivity contribution in [2.75, 3.05) is 32.7 Å². The zero-order valence-corrected chi connectivity index (χ0v) is 21.8. The molecule has 2 heterocycles. The summed E-state index contributed by atoms with van der Waals surface area (Å²) in [6.45, 7) is 11.4. The Kier molecular flexibility index (Phi) is 9.47. The quantitative estimate of drug-likeness (QED) is 0.352. The number of hydrogen-bond donors (Lipinski definition) is 1. The first-order chi connectivity index (χ1) is 17.6. The number of nitrogens with zero attached hydrogens (tertiary/aromatic N) is 4. The lowest BCUT2D eigenvalue weighted by atomic mass is 10.1. The Morgan fingerprint density at radius 1 is 1.06 bits per heavy atom. The molecule has 6 nitrogen and oxygen atoms in total. The van der Waals surface area contributed by atoms with Gasteiger partial charge in [-0.2, -0.15) is 0 Å². The highest BCUT2D eigenvalue weighted by Crippen LogP contribution is 2.21. The molecule has 3 aromatic rings. The van der Waals surface area contributed by atoms with E-state index in [0.29, 0.717) is 18.7 Å². The van der Waals surface area contributed by atoms with Gasteiger partial charge in [-0.3, -0.25) is 4.79 Å². The van der Waals surface area contributed by atoms with E-state index in [0.717, 1.165) is 55.9 Å².